The van der Waals surface area contributed by atoms with Crippen LogP contribution in [0.15, 0.2) is 66.7 Å². The molecular formula is C19H14O. The number of aliphatic hydroxyl groups is 1. The van der Waals surface area contributed by atoms with Gasteiger partial charge in [-0.1, -0.05) is 60.4 Å². The number of aliphatic hydroxyl groups excluding tert-OH is 1. The Hall–Kier alpha value is -2.56. The number of rotatable bonds is 1. The fourth-order valence-electron chi connectivity index (χ4n) is 2.17. The largest absolute Gasteiger partial charge is 0.392 e. The zero-order valence-corrected chi connectivity index (χ0v) is 11.0. The van der Waals surface area contributed by atoms with E-state index in [1.165, 1.54) is 10.8 Å². The van der Waals surface area contributed by atoms with Crippen LogP contribution < -0.4 is 0 Å². The van der Waals surface area contributed by atoms with Gasteiger partial charge in [0.2, 0.25) is 0 Å². The lowest BCUT2D eigenvalue weighted by molar-refractivity contribution is 0.282. The Kier molecular flexibility index (Phi) is 3.50. The summed E-state index contributed by atoms with van der Waals surface area (Å²) in [5, 5.41) is 11.4. The van der Waals surface area contributed by atoms with Crippen molar-refractivity contribution in [3.63, 3.8) is 0 Å². The van der Waals surface area contributed by atoms with Crippen molar-refractivity contribution in [1.29, 1.82) is 0 Å². The molecule has 0 radical (unpaired) electrons. The molecule has 96 valence electrons. The molecule has 0 amide bonds. The van der Waals surface area contributed by atoms with Crippen LogP contribution in [0.4, 0.5) is 0 Å². The van der Waals surface area contributed by atoms with Crippen molar-refractivity contribution in [1.82, 2.24) is 0 Å². The van der Waals surface area contributed by atoms with Gasteiger partial charge in [0.15, 0.2) is 0 Å². The number of fused-ring (bicyclic) bond motifs is 1. The lowest BCUT2D eigenvalue weighted by Crippen LogP contribution is -1.83. The lowest BCUT2D eigenvalue weighted by Gasteiger charge is -1.99. The van der Waals surface area contributed by atoms with Crippen LogP contribution in [-0.2, 0) is 6.61 Å². The summed E-state index contributed by atoms with van der Waals surface area (Å²) < 4.78 is 0. The highest BCUT2D eigenvalue weighted by molar-refractivity contribution is 5.88. The fraction of sp³-hybridized carbons (Fsp3) is 0.0526. The predicted octanol–water partition coefficient (Wildman–Crippen LogP) is 3.73. The molecule has 0 spiro atoms. The van der Waals surface area contributed by atoms with E-state index in [4.69, 9.17) is 5.11 Å². The first-order chi connectivity index (χ1) is 9.86. The third-order valence-electron chi connectivity index (χ3n) is 3.27. The van der Waals surface area contributed by atoms with Crippen molar-refractivity contribution in [3.05, 3.63) is 83.4 Å². The molecule has 1 nitrogen and oxygen atoms in total. The van der Waals surface area contributed by atoms with Crippen molar-refractivity contribution >= 4 is 10.8 Å². The molecule has 0 aliphatic heterocycles. The Morgan fingerprint density at radius 1 is 0.750 bits per heavy atom. The minimum Gasteiger partial charge on any atom is -0.392 e. The van der Waals surface area contributed by atoms with E-state index in [-0.39, 0.29) is 6.61 Å². The van der Waals surface area contributed by atoms with Gasteiger partial charge in [0.05, 0.1) is 6.61 Å². The molecule has 0 saturated carbocycles. The van der Waals surface area contributed by atoms with Gasteiger partial charge in [-0.15, -0.1) is 0 Å². The van der Waals surface area contributed by atoms with Crippen LogP contribution in [0.3, 0.4) is 0 Å². The first kappa shape index (κ1) is 12.5. The van der Waals surface area contributed by atoms with E-state index in [0.717, 1.165) is 16.7 Å². The topological polar surface area (TPSA) is 20.2 Å². The van der Waals surface area contributed by atoms with Crippen molar-refractivity contribution in [2.75, 3.05) is 0 Å². The van der Waals surface area contributed by atoms with Gasteiger partial charge in [0, 0.05) is 11.1 Å². The van der Waals surface area contributed by atoms with Crippen LogP contribution in [-0.4, -0.2) is 5.11 Å². The quantitative estimate of drug-likeness (QED) is 0.659. The Morgan fingerprint density at radius 3 is 2.30 bits per heavy atom. The summed E-state index contributed by atoms with van der Waals surface area (Å²) in [5.74, 6) is 6.40. The van der Waals surface area contributed by atoms with E-state index in [2.05, 4.69) is 30.0 Å². The van der Waals surface area contributed by atoms with Crippen LogP contribution in [0, 0.1) is 11.8 Å². The van der Waals surface area contributed by atoms with Crippen LogP contribution >= 0.6 is 0 Å². The molecule has 0 bridgehead atoms. The number of benzene rings is 3. The molecule has 0 aromatic heterocycles. The third kappa shape index (κ3) is 2.56. The van der Waals surface area contributed by atoms with Gasteiger partial charge >= 0.3 is 0 Å². The Bertz CT molecular complexity index is 784. The molecule has 0 unspecified atom stereocenters. The van der Waals surface area contributed by atoms with Gasteiger partial charge in [0.1, 0.15) is 0 Å². The maximum atomic E-state index is 9.02. The molecule has 1 N–H and O–H groups in total. The minimum absolute atomic E-state index is 0.0665. The molecule has 3 aromatic carbocycles. The predicted molar refractivity (Wildman–Crippen MR) is 82.3 cm³/mol. The summed E-state index contributed by atoms with van der Waals surface area (Å²) in [7, 11) is 0. The molecule has 0 heterocycles. The first-order valence-electron chi connectivity index (χ1n) is 6.56. The molecule has 3 rings (SSSR count). The molecule has 0 atom stereocenters. The first-order valence-corrected chi connectivity index (χ1v) is 6.56. The average molecular weight is 258 g/mol. The molecule has 0 aliphatic carbocycles. The number of hydrogen-bond donors (Lipinski definition) is 1. The van der Waals surface area contributed by atoms with E-state index < -0.39 is 0 Å². The summed E-state index contributed by atoms with van der Waals surface area (Å²) >= 11 is 0. The van der Waals surface area contributed by atoms with Crippen LogP contribution in [0.25, 0.3) is 10.8 Å². The average Bonchev–Trinajstić information content (AvgIpc) is 2.53. The maximum absolute atomic E-state index is 9.02. The van der Waals surface area contributed by atoms with Gasteiger partial charge in [-0.25, -0.2) is 0 Å². The van der Waals surface area contributed by atoms with Gasteiger partial charge < -0.3 is 5.11 Å². The summed E-state index contributed by atoms with van der Waals surface area (Å²) in [5.41, 5.74) is 2.89. The second kappa shape index (κ2) is 5.61. The van der Waals surface area contributed by atoms with E-state index in [1.54, 1.807) is 0 Å². The molecule has 0 fully saturated rings. The normalized spacial score (nSPS) is 10.1. The van der Waals surface area contributed by atoms with Crippen LogP contribution in [0.2, 0.25) is 0 Å². The maximum Gasteiger partial charge on any atom is 0.0681 e. The zero-order chi connectivity index (χ0) is 13.8. The highest BCUT2D eigenvalue weighted by Crippen LogP contribution is 2.17. The van der Waals surface area contributed by atoms with Crippen LogP contribution in [0.5, 0.6) is 0 Å². The standard InChI is InChI=1S/C19H14O/c20-14-16-10-8-15(9-11-16)12-13-18-6-3-5-17-4-1-2-7-19(17)18/h1-11,20H,14H2. The minimum atomic E-state index is 0.0665. The van der Waals surface area contributed by atoms with E-state index in [9.17, 15) is 0 Å². The van der Waals surface area contributed by atoms with E-state index >= 15 is 0 Å². The van der Waals surface area contributed by atoms with Gasteiger partial charge in [-0.3, -0.25) is 0 Å². The van der Waals surface area contributed by atoms with Crippen molar-refractivity contribution in [3.8, 4) is 11.8 Å². The van der Waals surface area contributed by atoms with Crippen molar-refractivity contribution < 1.29 is 5.11 Å². The molecule has 20 heavy (non-hydrogen) atoms. The summed E-state index contributed by atoms with van der Waals surface area (Å²) in [6.45, 7) is 0.0665. The highest BCUT2D eigenvalue weighted by Gasteiger charge is 1.96. The zero-order valence-electron chi connectivity index (χ0n) is 11.0. The Morgan fingerprint density at radius 2 is 1.50 bits per heavy atom. The Labute approximate surface area is 118 Å². The van der Waals surface area contributed by atoms with Gasteiger partial charge in [-0.05, 0) is 34.5 Å². The van der Waals surface area contributed by atoms with Crippen molar-refractivity contribution in [2.24, 2.45) is 0 Å². The SMILES string of the molecule is OCc1ccc(C#Cc2cccc3ccccc23)cc1. The summed E-state index contributed by atoms with van der Waals surface area (Å²) in [6.07, 6.45) is 0. The summed E-state index contributed by atoms with van der Waals surface area (Å²) in [6, 6.07) is 22.1. The number of hydrogen-bond acceptors (Lipinski definition) is 1. The molecule has 1 heteroatoms. The monoisotopic (exact) mass is 258 g/mol. The van der Waals surface area contributed by atoms with Crippen molar-refractivity contribution in [2.45, 2.75) is 6.61 Å². The molecule has 0 aliphatic rings. The molecular weight excluding hydrogens is 244 g/mol. The smallest absolute Gasteiger partial charge is 0.0681 e. The lowest BCUT2D eigenvalue weighted by atomic mass is 10.0. The highest BCUT2D eigenvalue weighted by atomic mass is 16.3. The second-order valence-corrected chi connectivity index (χ2v) is 4.63. The molecule has 0 saturated heterocycles. The van der Waals surface area contributed by atoms with Gasteiger partial charge in [0.25, 0.3) is 0 Å². The Balaban J connectivity index is 1.99. The van der Waals surface area contributed by atoms with E-state index in [0.29, 0.717) is 0 Å². The fourth-order valence-corrected chi connectivity index (χ4v) is 2.17. The summed E-state index contributed by atoms with van der Waals surface area (Å²) in [4.78, 5) is 0. The van der Waals surface area contributed by atoms with E-state index in [1.807, 2.05) is 48.5 Å². The second-order valence-electron chi connectivity index (χ2n) is 4.63. The van der Waals surface area contributed by atoms with Gasteiger partial charge in [-0.2, -0.15) is 0 Å². The van der Waals surface area contributed by atoms with Crippen LogP contribution in [0.1, 0.15) is 16.7 Å². The molecule has 3 aromatic rings. The third-order valence-corrected chi connectivity index (χ3v) is 3.27.